The van der Waals surface area contributed by atoms with Crippen molar-refractivity contribution in [3.05, 3.63) is 0 Å². The summed E-state index contributed by atoms with van der Waals surface area (Å²) in [6.45, 7) is 4.30. The molecule has 5 nitrogen and oxygen atoms in total. The fourth-order valence-electron chi connectivity index (χ4n) is 0.979. The molecule has 0 saturated carbocycles. The van der Waals surface area contributed by atoms with Gasteiger partial charge in [0.2, 0.25) is 11.8 Å². The zero-order valence-corrected chi connectivity index (χ0v) is 8.71. The number of carbonyl (C=O) groups excluding carboxylic acids is 2. The summed E-state index contributed by atoms with van der Waals surface area (Å²) in [6.07, 6.45) is 1.03. The predicted octanol–water partition coefficient (Wildman–Crippen LogP) is -0.207. The average molecular weight is 202 g/mol. The van der Waals surface area contributed by atoms with E-state index in [4.69, 9.17) is 10.5 Å². The van der Waals surface area contributed by atoms with E-state index in [-0.39, 0.29) is 25.0 Å². The van der Waals surface area contributed by atoms with Gasteiger partial charge in [0.1, 0.15) is 6.61 Å². The summed E-state index contributed by atoms with van der Waals surface area (Å²) in [5.74, 6) is -0.639. The molecule has 0 saturated heterocycles. The molecule has 0 aliphatic carbocycles. The Morgan fingerprint density at radius 2 is 2.14 bits per heavy atom. The normalized spacial score (nSPS) is 12.1. The van der Waals surface area contributed by atoms with Gasteiger partial charge < -0.3 is 15.8 Å². The summed E-state index contributed by atoms with van der Waals surface area (Å²) in [4.78, 5) is 21.6. The first kappa shape index (κ1) is 12.9. The standard InChI is InChI=1S/C9H18N2O3/c1-3-4-14-6-9(13)11-7(2)5-8(10)12/h7H,3-6H2,1-2H3,(H2,10,12)(H,11,13). The van der Waals surface area contributed by atoms with Gasteiger partial charge >= 0.3 is 0 Å². The Hall–Kier alpha value is -1.10. The highest BCUT2D eigenvalue weighted by atomic mass is 16.5. The topological polar surface area (TPSA) is 81.4 Å². The van der Waals surface area contributed by atoms with Crippen LogP contribution in [0, 0.1) is 0 Å². The van der Waals surface area contributed by atoms with Crippen LogP contribution in [0.2, 0.25) is 0 Å². The zero-order chi connectivity index (χ0) is 11.0. The lowest BCUT2D eigenvalue weighted by Crippen LogP contribution is -2.37. The molecule has 1 unspecified atom stereocenters. The third-order valence-corrected chi connectivity index (χ3v) is 1.50. The lowest BCUT2D eigenvalue weighted by molar-refractivity contribution is -0.126. The average Bonchev–Trinajstić information content (AvgIpc) is 2.02. The molecule has 0 radical (unpaired) electrons. The van der Waals surface area contributed by atoms with Gasteiger partial charge in [-0.1, -0.05) is 6.92 Å². The minimum absolute atomic E-state index is 0.0386. The molecule has 0 aromatic heterocycles. The second kappa shape index (κ2) is 7.32. The molecule has 0 aromatic rings. The molecular weight excluding hydrogens is 184 g/mol. The fraction of sp³-hybridized carbons (Fsp3) is 0.778. The maximum atomic E-state index is 11.1. The molecule has 0 rings (SSSR count). The van der Waals surface area contributed by atoms with E-state index in [1.54, 1.807) is 6.92 Å². The third kappa shape index (κ3) is 7.54. The second-order valence-electron chi connectivity index (χ2n) is 3.19. The molecule has 14 heavy (non-hydrogen) atoms. The lowest BCUT2D eigenvalue weighted by atomic mass is 10.2. The van der Waals surface area contributed by atoms with Crippen molar-refractivity contribution < 1.29 is 14.3 Å². The van der Waals surface area contributed by atoms with Crippen molar-refractivity contribution in [2.75, 3.05) is 13.2 Å². The van der Waals surface area contributed by atoms with Crippen molar-refractivity contribution in [2.24, 2.45) is 5.73 Å². The third-order valence-electron chi connectivity index (χ3n) is 1.50. The molecule has 0 aliphatic rings. The highest BCUT2D eigenvalue weighted by molar-refractivity contribution is 5.79. The summed E-state index contributed by atoms with van der Waals surface area (Å²) in [5.41, 5.74) is 4.97. The van der Waals surface area contributed by atoms with Crippen molar-refractivity contribution in [1.29, 1.82) is 0 Å². The molecule has 5 heteroatoms. The van der Waals surface area contributed by atoms with Crippen LogP contribution in [0.5, 0.6) is 0 Å². The number of carbonyl (C=O) groups is 2. The molecule has 2 amide bonds. The number of amides is 2. The highest BCUT2D eigenvalue weighted by Crippen LogP contribution is 1.89. The van der Waals surface area contributed by atoms with Gasteiger partial charge in [-0.3, -0.25) is 9.59 Å². The number of rotatable bonds is 7. The quantitative estimate of drug-likeness (QED) is 0.561. The molecule has 0 fully saturated rings. The van der Waals surface area contributed by atoms with Crippen molar-refractivity contribution in [3.8, 4) is 0 Å². The Balaban J connectivity index is 3.55. The number of nitrogens with one attached hydrogen (secondary N) is 1. The minimum Gasteiger partial charge on any atom is -0.372 e. The van der Waals surface area contributed by atoms with Gasteiger partial charge in [0, 0.05) is 19.1 Å². The van der Waals surface area contributed by atoms with E-state index < -0.39 is 5.91 Å². The van der Waals surface area contributed by atoms with Crippen molar-refractivity contribution in [1.82, 2.24) is 5.32 Å². The Labute approximate surface area is 84.0 Å². The molecule has 0 bridgehead atoms. The van der Waals surface area contributed by atoms with E-state index in [0.717, 1.165) is 6.42 Å². The largest absolute Gasteiger partial charge is 0.372 e. The number of hydrogen-bond acceptors (Lipinski definition) is 3. The number of primary amides is 1. The molecule has 1 atom stereocenters. The molecule has 0 heterocycles. The maximum Gasteiger partial charge on any atom is 0.246 e. The molecule has 0 aliphatic heterocycles. The van der Waals surface area contributed by atoms with Gasteiger partial charge in [-0.25, -0.2) is 0 Å². The van der Waals surface area contributed by atoms with Crippen LogP contribution >= 0.6 is 0 Å². The lowest BCUT2D eigenvalue weighted by Gasteiger charge is -2.11. The minimum atomic E-state index is -0.424. The van der Waals surface area contributed by atoms with E-state index >= 15 is 0 Å². The van der Waals surface area contributed by atoms with Crippen LogP contribution in [0.15, 0.2) is 0 Å². The Morgan fingerprint density at radius 3 is 2.64 bits per heavy atom. The molecule has 3 N–H and O–H groups in total. The predicted molar refractivity (Wildman–Crippen MR) is 52.5 cm³/mol. The van der Waals surface area contributed by atoms with E-state index in [1.807, 2.05) is 6.92 Å². The first-order chi connectivity index (χ1) is 6.56. The Bertz CT molecular complexity index is 194. The van der Waals surface area contributed by atoms with Gasteiger partial charge in [0.15, 0.2) is 0 Å². The fourth-order valence-corrected chi connectivity index (χ4v) is 0.979. The highest BCUT2D eigenvalue weighted by Gasteiger charge is 2.09. The van der Waals surface area contributed by atoms with Crippen LogP contribution in [0.4, 0.5) is 0 Å². The van der Waals surface area contributed by atoms with Gasteiger partial charge in [-0.15, -0.1) is 0 Å². The zero-order valence-electron chi connectivity index (χ0n) is 8.71. The van der Waals surface area contributed by atoms with Gasteiger partial charge in [0.05, 0.1) is 0 Å². The van der Waals surface area contributed by atoms with Crippen LogP contribution in [-0.4, -0.2) is 31.1 Å². The Kier molecular flexibility index (Phi) is 6.74. The summed E-state index contributed by atoms with van der Waals surface area (Å²) in [6, 6.07) is -0.231. The van der Waals surface area contributed by atoms with Crippen LogP contribution in [0.25, 0.3) is 0 Å². The summed E-state index contributed by atoms with van der Waals surface area (Å²) in [5, 5.41) is 2.61. The van der Waals surface area contributed by atoms with Crippen LogP contribution in [0.1, 0.15) is 26.7 Å². The summed E-state index contributed by atoms with van der Waals surface area (Å²) < 4.78 is 5.02. The number of ether oxygens (including phenoxy) is 1. The van der Waals surface area contributed by atoms with Crippen molar-refractivity contribution >= 4 is 11.8 Å². The molecule has 0 spiro atoms. The van der Waals surface area contributed by atoms with Crippen LogP contribution in [0.3, 0.4) is 0 Å². The molecule has 0 aromatic carbocycles. The maximum absolute atomic E-state index is 11.1. The van der Waals surface area contributed by atoms with Gasteiger partial charge in [-0.05, 0) is 13.3 Å². The van der Waals surface area contributed by atoms with E-state index in [9.17, 15) is 9.59 Å². The first-order valence-corrected chi connectivity index (χ1v) is 4.71. The first-order valence-electron chi connectivity index (χ1n) is 4.71. The number of hydrogen-bond donors (Lipinski definition) is 2. The van der Waals surface area contributed by atoms with Crippen molar-refractivity contribution in [2.45, 2.75) is 32.7 Å². The van der Waals surface area contributed by atoms with Crippen molar-refractivity contribution in [3.63, 3.8) is 0 Å². The second-order valence-corrected chi connectivity index (χ2v) is 3.19. The Morgan fingerprint density at radius 1 is 1.50 bits per heavy atom. The van der Waals surface area contributed by atoms with E-state index in [0.29, 0.717) is 6.61 Å². The number of nitrogens with two attached hydrogens (primary N) is 1. The SMILES string of the molecule is CCCOCC(=O)NC(C)CC(N)=O. The summed E-state index contributed by atoms with van der Waals surface area (Å²) >= 11 is 0. The van der Waals surface area contributed by atoms with Gasteiger partial charge in [-0.2, -0.15) is 0 Å². The van der Waals surface area contributed by atoms with Crippen LogP contribution in [-0.2, 0) is 14.3 Å². The van der Waals surface area contributed by atoms with Crippen LogP contribution < -0.4 is 11.1 Å². The van der Waals surface area contributed by atoms with E-state index in [1.165, 1.54) is 0 Å². The van der Waals surface area contributed by atoms with E-state index in [2.05, 4.69) is 5.32 Å². The monoisotopic (exact) mass is 202 g/mol. The summed E-state index contributed by atoms with van der Waals surface area (Å²) in [7, 11) is 0. The van der Waals surface area contributed by atoms with Gasteiger partial charge in [0.25, 0.3) is 0 Å². The molecular formula is C9H18N2O3. The molecule has 82 valence electrons. The smallest absolute Gasteiger partial charge is 0.246 e.